The first kappa shape index (κ1) is 10.2. The van der Waals surface area contributed by atoms with Crippen LogP contribution in [-0.2, 0) is 9.53 Å². The van der Waals surface area contributed by atoms with Crippen LogP contribution in [0.5, 0.6) is 0 Å². The molecule has 1 saturated carbocycles. The van der Waals surface area contributed by atoms with Gasteiger partial charge in [-0.1, -0.05) is 19.8 Å². The van der Waals surface area contributed by atoms with E-state index in [1.54, 1.807) is 0 Å². The summed E-state index contributed by atoms with van der Waals surface area (Å²) in [5.74, 6) is 1.01. The smallest absolute Gasteiger partial charge is 0.139 e. The Balaban J connectivity index is 1.87. The number of hydrogen-bond donors (Lipinski definition) is 0. The van der Waals surface area contributed by atoms with Crippen LogP contribution in [0.4, 0.5) is 0 Å². The van der Waals surface area contributed by atoms with Gasteiger partial charge in [-0.2, -0.15) is 0 Å². The lowest BCUT2D eigenvalue weighted by Gasteiger charge is -2.23. The normalized spacial score (nSPS) is 30.8. The number of ketones is 1. The van der Waals surface area contributed by atoms with Gasteiger partial charge in [0.1, 0.15) is 5.78 Å². The first-order valence-electron chi connectivity index (χ1n) is 5.82. The largest absolute Gasteiger partial charge is 0.381 e. The molecular weight excluding hydrogens is 176 g/mol. The molecule has 2 fully saturated rings. The first-order valence-corrected chi connectivity index (χ1v) is 5.82. The molecule has 2 aliphatic rings. The predicted molar refractivity (Wildman–Crippen MR) is 55.1 cm³/mol. The van der Waals surface area contributed by atoms with Gasteiger partial charge in [-0.15, -0.1) is 0 Å². The van der Waals surface area contributed by atoms with E-state index in [0.717, 1.165) is 38.9 Å². The summed E-state index contributed by atoms with van der Waals surface area (Å²) in [6.45, 7) is 3.81. The van der Waals surface area contributed by atoms with Gasteiger partial charge in [-0.3, -0.25) is 4.79 Å². The molecule has 1 aliphatic carbocycles. The van der Waals surface area contributed by atoms with E-state index >= 15 is 0 Å². The van der Waals surface area contributed by atoms with Crippen molar-refractivity contribution in [2.75, 3.05) is 13.2 Å². The van der Waals surface area contributed by atoms with Gasteiger partial charge in [0.2, 0.25) is 0 Å². The highest BCUT2D eigenvalue weighted by Gasteiger charge is 2.37. The van der Waals surface area contributed by atoms with Crippen LogP contribution >= 0.6 is 0 Å². The average molecular weight is 196 g/mol. The molecule has 1 atom stereocenters. The molecule has 0 bridgehead atoms. The third-order valence-electron chi connectivity index (χ3n) is 3.88. The van der Waals surface area contributed by atoms with Gasteiger partial charge in [0.15, 0.2) is 0 Å². The molecule has 1 saturated heterocycles. The fourth-order valence-electron chi connectivity index (χ4n) is 2.69. The van der Waals surface area contributed by atoms with Gasteiger partial charge in [0.25, 0.3) is 0 Å². The summed E-state index contributed by atoms with van der Waals surface area (Å²) in [5, 5.41) is 0. The van der Waals surface area contributed by atoms with E-state index in [2.05, 4.69) is 6.92 Å². The molecule has 0 aromatic rings. The number of ether oxygens (including phenoxy) is 1. The van der Waals surface area contributed by atoms with Crippen molar-refractivity contribution in [2.45, 2.75) is 45.4 Å². The Morgan fingerprint density at radius 2 is 2.14 bits per heavy atom. The van der Waals surface area contributed by atoms with Crippen molar-refractivity contribution in [3.05, 3.63) is 0 Å². The maximum absolute atomic E-state index is 12.1. The highest BCUT2D eigenvalue weighted by molar-refractivity contribution is 5.84. The van der Waals surface area contributed by atoms with E-state index in [9.17, 15) is 4.79 Å². The van der Waals surface area contributed by atoms with Crippen LogP contribution < -0.4 is 0 Å². The van der Waals surface area contributed by atoms with E-state index in [0.29, 0.717) is 11.7 Å². The minimum atomic E-state index is 0.0165. The molecule has 1 unspecified atom stereocenters. The molecule has 2 nitrogen and oxygen atoms in total. The number of carbonyl (C=O) groups is 1. The predicted octanol–water partition coefficient (Wildman–Crippen LogP) is 2.56. The van der Waals surface area contributed by atoms with Gasteiger partial charge in [-0.25, -0.2) is 0 Å². The minimum absolute atomic E-state index is 0.0165. The maximum atomic E-state index is 12.1. The lowest BCUT2D eigenvalue weighted by Crippen LogP contribution is -2.26. The standard InChI is InChI=1S/C12H20O2/c1-12(5-2-3-6-12)11(13)8-10-4-7-14-9-10/h10H,2-9H2,1H3. The van der Waals surface area contributed by atoms with Gasteiger partial charge < -0.3 is 4.74 Å². The average Bonchev–Trinajstić information content (AvgIpc) is 2.76. The first-order chi connectivity index (χ1) is 6.71. The van der Waals surface area contributed by atoms with E-state index in [-0.39, 0.29) is 5.41 Å². The third kappa shape index (κ3) is 2.00. The Morgan fingerprint density at radius 3 is 2.71 bits per heavy atom. The number of hydrogen-bond acceptors (Lipinski definition) is 2. The Kier molecular flexibility index (Phi) is 2.91. The molecule has 80 valence electrons. The number of Topliss-reactive ketones (excluding diaryl/α,β-unsaturated/α-hetero) is 1. The van der Waals surface area contributed by atoms with Crippen LogP contribution in [0, 0.1) is 11.3 Å². The van der Waals surface area contributed by atoms with Crippen LogP contribution in [0.3, 0.4) is 0 Å². The van der Waals surface area contributed by atoms with Crippen LogP contribution in [0.25, 0.3) is 0 Å². The van der Waals surface area contributed by atoms with Crippen LogP contribution in [-0.4, -0.2) is 19.0 Å². The Hall–Kier alpha value is -0.370. The van der Waals surface area contributed by atoms with Crippen molar-refractivity contribution in [2.24, 2.45) is 11.3 Å². The van der Waals surface area contributed by atoms with Crippen LogP contribution in [0.1, 0.15) is 45.4 Å². The van der Waals surface area contributed by atoms with Crippen molar-refractivity contribution in [1.82, 2.24) is 0 Å². The summed E-state index contributed by atoms with van der Waals surface area (Å²) in [6.07, 6.45) is 6.55. The number of rotatable bonds is 3. The van der Waals surface area contributed by atoms with Gasteiger partial charge >= 0.3 is 0 Å². The SMILES string of the molecule is CC1(C(=O)CC2CCOC2)CCCC1. The second-order valence-electron chi connectivity index (χ2n) is 5.12. The molecule has 0 amide bonds. The quantitative estimate of drug-likeness (QED) is 0.693. The summed E-state index contributed by atoms with van der Waals surface area (Å²) >= 11 is 0. The van der Waals surface area contributed by atoms with E-state index in [4.69, 9.17) is 4.74 Å². The van der Waals surface area contributed by atoms with Crippen molar-refractivity contribution < 1.29 is 9.53 Å². The zero-order valence-electron chi connectivity index (χ0n) is 9.05. The second-order valence-corrected chi connectivity index (χ2v) is 5.12. The zero-order chi connectivity index (χ0) is 10.0. The van der Waals surface area contributed by atoms with E-state index in [1.807, 2.05) is 0 Å². The summed E-state index contributed by atoms with van der Waals surface area (Å²) in [5.41, 5.74) is 0.0165. The van der Waals surface area contributed by atoms with Crippen LogP contribution in [0.2, 0.25) is 0 Å². The Labute approximate surface area is 86.0 Å². The van der Waals surface area contributed by atoms with Gasteiger partial charge in [0, 0.05) is 25.0 Å². The fraction of sp³-hybridized carbons (Fsp3) is 0.917. The van der Waals surface area contributed by atoms with Crippen molar-refractivity contribution in [3.63, 3.8) is 0 Å². The molecule has 1 heterocycles. The highest BCUT2D eigenvalue weighted by atomic mass is 16.5. The number of carbonyl (C=O) groups excluding carboxylic acids is 1. The van der Waals surface area contributed by atoms with Gasteiger partial charge in [0.05, 0.1) is 0 Å². The topological polar surface area (TPSA) is 26.3 Å². The molecule has 0 aromatic carbocycles. The lowest BCUT2D eigenvalue weighted by molar-refractivity contribution is -0.128. The van der Waals surface area contributed by atoms with Crippen LogP contribution in [0.15, 0.2) is 0 Å². The van der Waals surface area contributed by atoms with Gasteiger partial charge in [-0.05, 0) is 25.2 Å². The molecule has 2 rings (SSSR count). The fourth-order valence-corrected chi connectivity index (χ4v) is 2.69. The Morgan fingerprint density at radius 1 is 1.43 bits per heavy atom. The summed E-state index contributed by atoms with van der Waals surface area (Å²) in [7, 11) is 0. The molecular formula is C12H20O2. The minimum Gasteiger partial charge on any atom is -0.381 e. The molecule has 1 aliphatic heterocycles. The molecule has 0 aromatic heterocycles. The van der Waals surface area contributed by atoms with Crippen molar-refractivity contribution in [1.29, 1.82) is 0 Å². The maximum Gasteiger partial charge on any atom is 0.139 e. The third-order valence-corrected chi connectivity index (χ3v) is 3.88. The zero-order valence-corrected chi connectivity index (χ0v) is 9.05. The molecule has 2 heteroatoms. The van der Waals surface area contributed by atoms with E-state index in [1.165, 1.54) is 12.8 Å². The summed E-state index contributed by atoms with van der Waals surface area (Å²) < 4.78 is 5.30. The molecule has 0 radical (unpaired) electrons. The molecule has 14 heavy (non-hydrogen) atoms. The van der Waals surface area contributed by atoms with Crippen molar-refractivity contribution in [3.8, 4) is 0 Å². The van der Waals surface area contributed by atoms with Crippen molar-refractivity contribution >= 4 is 5.78 Å². The second kappa shape index (κ2) is 4.01. The Bertz CT molecular complexity index is 210. The molecule has 0 spiro atoms. The molecule has 0 N–H and O–H groups in total. The highest BCUT2D eigenvalue weighted by Crippen LogP contribution is 2.40. The summed E-state index contributed by atoms with van der Waals surface area (Å²) in [6, 6.07) is 0. The summed E-state index contributed by atoms with van der Waals surface area (Å²) in [4.78, 5) is 12.1. The monoisotopic (exact) mass is 196 g/mol. The lowest BCUT2D eigenvalue weighted by atomic mass is 9.80. The van der Waals surface area contributed by atoms with E-state index < -0.39 is 0 Å².